The van der Waals surface area contributed by atoms with Crippen molar-refractivity contribution in [2.45, 2.75) is 78.0 Å². The number of esters is 1. The topological polar surface area (TPSA) is 26.3 Å². The molecule has 2 nitrogen and oxygen atoms in total. The molecule has 0 bridgehead atoms. The molecule has 1 atom stereocenters. The molecule has 1 unspecified atom stereocenters. The highest BCUT2D eigenvalue weighted by Gasteiger charge is 2.46. The van der Waals surface area contributed by atoms with Crippen LogP contribution in [0, 0.1) is 5.92 Å². The summed E-state index contributed by atoms with van der Waals surface area (Å²) in [5.41, 5.74) is -0.886. The van der Waals surface area contributed by atoms with Crippen molar-refractivity contribution in [3.05, 3.63) is 0 Å². The van der Waals surface area contributed by atoms with Gasteiger partial charge in [0.25, 0.3) is 0 Å². The first kappa shape index (κ1) is 18.3. The number of halogens is 3. The fourth-order valence-electron chi connectivity index (χ4n) is 1.74. The van der Waals surface area contributed by atoms with E-state index in [0.29, 0.717) is 6.42 Å². The number of carbonyl (C=O) groups is 1. The summed E-state index contributed by atoms with van der Waals surface area (Å²) in [6, 6.07) is 0. The normalized spacial score (nSPS) is 14.3. The smallest absolute Gasteiger partial charge is 0.402 e. The number of hydrogen-bond donors (Lipinski definition) is 0. The largest absolute Gasteiger partial charge is 0.459 e. The maximum atomic E-state index is 12.8. The molecule has 0 aromatic heterocycles. The predicted octanol–water partition coefficient (Wildman–Crippen LogP) is 4.87. The van der Waals surface area contributed by atoms with Gasteiger partial charge in [-0.3, -0.25) is 4.79 Å². The van der Waals surface area contributed by atoms with Crippen LogP contribution < -0.4 is 0 Å². The van der Waals surface area contributed by atoms with Crippen LogP contribution in [0.1, 0.15) is 66.2 Å². The molecule has 0 aromatic carbocycles. The Balaban J connectivity index is 4.37. The molecular weight excluding hydrogens is 257 g/mol. The molecule has 19 heavy (non-hydrogen) atoms. The highest BCUT2D eigenvalue weighted by atomic mass is 19.4. The zero-order valence-corrected chi connectivity index (χ0v) is 12.3. The van der Waals surface area contributed by atoms with Crippen LogP contribution in [0.3, 0.4) is 0 Å². The van der Waals surface area contributed by atoms with Gasteiger partial charge in [-0.1, -0.05) is 39.0 Å². The van der Waals surface area contributed by atoms with Crippen molar-refractivity contribution in [3.8, 4) is 0 Å². The second-order valence-corrected chi connectivity index (χ2v) is 5.83. The van der Waals surface area contributed by atoms with Crippen molar-refractivity contribution < 1.29 is 22.7 Å². The van der Waals surface area contributed by atoms with Crippen molar-refractivity contribution in [1.29, 1.82) is 0 Å². The summed E-state index contributed by atoms with van der Waals surface area (Å²) in [5.74, 6) is -3.15. The molecule has 0 N–H and O–H groups in total. The number of alkyl halides is 3. The molecule has 0 spiro atoms. The Morgan fingerprint density at radius 1 is 1.05 bits per heavy atom. The summed E-state index contributed by atoms with van der Waals surface area (Å²) in [4.78, 5) is 11.6. The standard InChI is InChI=1S/C14H25F3O2/c1-5-6-7-8-9-10-11(14(15,16)17)12(18)19-13(2,3)4/h11H,5-10H2,1-4H3. The molecular formula is C14H25F3O2. The SMILES string of the molecule is CCCCCCCC(C(=O)OC(C)(C)C)C(F)(F)F. The lowest BCUT2D eigenvalue weighted by Crippen LogP contribution is -2.36. The minimum absolute atomic E-state index is 0.178. The van der Waals surface area contributed by atoms with Gasteiger partial charge in [0, 0.05) is 0 Å². The highest BCUT2D eigenvalue weighted by molar-refractivity contribution is 5.73. The number of hydrogen-bond acceptors (Lipinski definition) is 2. The molecule has 0 aliphatic carbocycles. The molecule has 114 valence electrons. The van der Waals surface area contributed by atoms with E-state index in [1.54, 1.807) is 20.8 Å². The number of unbranched alkanes of at least 4 members (excludes halogenated alkanes) is 4. The van der Waals surface area contributed by atoms with Gasteiger partial charge in [0.1, 0.15) is 5.60 Å². The highest BCUT2D eigenvalue weighted by Crippen LogP contribution is 2.32. The van der Waals surface area contributed by atoms with Gasteiger partial charge in [0.15, 0.2) is 5.92 Å². The average molecular weight is 282 g/mol. The molecule has 5 heteroatoms. The Morgan fingerprint density at radius 2 is 1.58 bits per heavy atom. The molecule has 0 aliphatic rings. The fourth-order valence-corrected chi connectivity index (χ4v) is 1.74. The lowest BCUT2D eigenvalue weighted by molar-refractivity contribution is -0.205. The lowest BCUT2D eigenvalue weighted by Gasteiger charge is -2.25. The van der Waals surface area contributed by atoms with Crippen LogP contribution in [0.2, 0.25) is 0 Å². The molecule has 0 radical (unpaired) electrons. The van der Waals surface area contributed by atoms with Crippen LogP contribution in [0.25, 0.3) is 0 Å². The van der Waals surface area contributed by atoms with Crippen LogP contribution in [-0.4, -0.2) is 17.7 Å². The average Bonchev–Trinajstić information content (AvgIpc) is 2.18. The Bertz CT molecular complexity index is 267. The van der Waals surface area contributed by atoms with E-state index >= 15 is 0 Å². The molecule has 0 rings (SSSR count). The second-order valence-electron chi connectivity index (χ2n) is 5.83. The van der Waals surface area contributed by atoms with Gasteiger partial charge < -0.3 is 4.74 Å². The van der Waals surface area contributed by atoms with Crippen molar-refractivity contribution in [3.63, 3.8) is 0 Å². The third kappa shape index (κ3) is 8.89. The summed E-state index contributed by atoms with van der Waals surface area (Å²) in [6.45, 7) is 6.75. The Morgan fingerprint density at radius 3 is 2.00 bits per heavy atom. The third-order valence-electron chi connectivity index (χ3n) is 2.68. The van der Waals surface area contributed by atoms with Crippen molar-refractivity contribution >= 4 is 5.97 Å². The molecule has 0 amide bonds. The third-order valence-corrected chi connectivity index (χ3v) is 2.68. The van der Waals surface area contributed by atoms with Crippen molar-refractivity contribution in [2.24, 2.45) is 5.92 Å². The van der Waals surface area contributed by atoms with Crippen LogP contribution in [0.4, 0.5) is 13.2 Å². The second kappa shape index (κ2) is 7.75. The van der Waals surface area contributed by atoms with Gasteiger partial charge in [-0.15, -0.1) is 0 Å². The van der Waals surface area contributed by atoms with Crippen LogP contribution >= 0.6 is 0 Å². The fraction of sp³-hybridized carbons (Fsp3) is 0.929. The Kier molecular flexibility index (Phi) is 7.45. The van der Waals surface area contributed by atoms with E-state index < -0.39 is 23.7 Å². The minimum atomic E-state index is -4.52. The molecule has 0 heterocycles. The predicted molar refractivity (Wildman–Crippen MR) is 68.8 cm³/mol. The van der Waals surface area contributed by atoms with Crippen molar-refractivity contribution in [2.75, 3.05) is 0 Å². The molecule has 0 saturated carbocycles. The van der Waals surface area contributed by atoms with E-state index in [9.17, 15) is 18.0 Å². The van der Waals surface area contributed by atoms with Crippen LogP contribution in [0.5, 0.6) is 0 Å². The zero-order chi connectivity index (χ0) is 15.1. The molecule has 0 aromatic rings. The van der Waals surface area contributed by atoms with Gasteiger partial charge in [0.2, 0.25) is 0 Å². The quantitative estimate of drug-likeness (QED) is 0.492. The van der Waals surface area contributed by atoms with Gasteiger partial charge in [-0.05, 0) is 27.2 Å². The zero-order valence-electron chi connectivity index (χ0n) is 12.3. The van der Waals surface area contributed by atoms with E-state index in [-0.39, 0.29) is 6.42 Å². The first-order valence-corrected chi connectivity index (χ1v) is 6.87. The van der Waals surface area contributed by atoms with Gasteiger partial charge in [0.05, 0.1) is 0 Å². The van der Waals surface area contributed by atoms with Gasteiger partial charge in [-0.2, -0.15) is 13.2 Å². The van der Waals surface area contributed by atoms with E-state index in [1.807, 2.05) is 6.92 Å². The monoisotopic (exact) mass is 282 g/mol. The van der Waals surface area contributed by atoms with Gasteiger partial charge in [-0.25, -0.2) is 0 Å². The van der Waals surface area contributed by atoms with E-state index in [1.165, 1.54) is 0 Å². The van der Waals surface area contributed by atoms with E-state index in [2.05, 4.69) is 0 Å². The summed E-state index contributed by atoms with van der Waals surface area (Å²) in [5, 5.41) is 0. The van der Waals surface area contributed by atoms with E-state index in [0.717, 1.165) is 25.7 Å². The summed E-state index contributed by atoms with van der Waals surface area (Å²) < 4.78 is 43.3. The molecule has 0 fully saturated rings. The summed E-state index contributed by atoms with van der Waals surface area (Å²) >= 11 is 0. The first-order chi connectivity index (χ1) is 8.58. The molecule has 0 saturated heterocycles. The number of carbonyl (C=O) groups excluding carboxylic acids is 1. The number of ether oxygens (including phenoxy) is 1. The first-order valence-electron chi connectivity index (χ1n) is 6.87. The number of rotatable bonds is 7. The van der Waals surface area contributed by atoms with Gasteiger partial charge >= 0.3 is 12.1 Å². The lowest BCUT2D eigenvalue weighted by atomic mass is 9.99. The van der Waals surface area contributed by atoms with Crippen molar-refractivity contribution in [1.82, 2.24) is 0 Å². The minimum Gasteiger partial charge on any atom is -0.459 e. The maximum absolute atomic E-state index is 12.8. The molecule has 0 aliphatic heterocycles. The van der Waals surface area contributed by atoms with Crippen LogP contribution in [-0.2, 0) is 9.53 Å². The Labute approximate surface area is 113 Å². The summed E-state index contributed by atoms with van der Waals surface area (Å²) in [7, 11) is 0. The Hall–Kier alpha value is -0.740. The van der Waals surface area contributed by atoms with Crippen LogP contribution in [0.15, 0.2) is 0 Å². The summed E-state index contributed by atoms with van der Waals surface area (Å²) in [6.07, 6.45) is -0.602. The maximum Gasteiger partial charge on any atom is 0.402 e. The van der Waals surface area contributed by atoms with E-state index in [4.69, 9.17) is 4.74 Å².